The lowest BCUT2D eigenvalue weighted by atomic mass is 9.99. The molecule has 102 valence electrons. The van der Waals surface area contributed by atoms with Gasteiger partial charge in [0.2, 0.25) is 0 Å². The zero-order valence-corrected chi connectivity index (χ0v) is 11.0. The van der Waals surface area contributed by atoms with Crippen LogP contribution >= 0.6 is 0 Å². The molecule has 0 radical (unpaired) electrons. The van der Waals surface area contributed by atoms with E-state index in [9.17, 15) is 9.59 Å². The van der Waals surface area contributed by atoms with E-state index in [1.165, 1.54) is 0 Å². The third kappa shape index (κ3) is 6.79. The Hall–Kier alpha value is -1.70. The van der Waals surface area contributed by atoms with Crippen molar-refractivity contribution in [2.24, 2.45) is 5.92 Å². The minimum absolute atomic E-state index is 0.102. The van der Waals surface area contributed by atoms with Gasteiger partial charge >= 0.3 is 12.0 Å². The number of carbonyl (C=O) groups excluding carboxylic acids is 1. The van der Waals surface area contributed by atoms with Crippen LogP contribution in [0.25, 0.3) is 0 Å². The number of rotatable bonds is 8. The predicted molar refractivity (Wildman–Crippen MR) is 70.1 cm³/mol. The van der Waals surface area contributed by atoms with Crippen molar-refractivity contribution in [3.63, 3.8) is 0 Å². The molecule has 0 heterocycles. The van der Waals surface area contributed by atoms with Crippen LogP contribution in [0.3, 0.4) is 0 Å². The van der Waals surface area contributed by atoms with Crippen LogP contribution < -0.4 is 10.6 Å². The third-order valence-electron chi connectivity index (χ3n) is 2.80. The summed E-state index contributed by atoms with van der Waals surface area (Å²) in [7, 11) is 0. The molecule has 0 aromatic rings. The summed E-state index contributed by atoms with van der Waals surface area (Å²) >= 11 is 0. The van der Waals surface area contributed by atoms with Crippen molar-refractivity contribution in [1.82, 2.24) is 10.6 Å². The van der Waals surface area contributed by atoms with E-state index in [1.807, 2.05) is 6.92 Å². The highest BCUT2D eigenvalue weighted by atomic mass is 16.4. The number of carboxylic acids is 1. The molecule has 0 aromatic heterocycles. The molecule has 0 aliphatic carbocycles. The number of terminal acetylenes is 1. The Kier molecular flexibility index (Phi) is 8.46. The van der Waals surface area contributed by atoms with Crippen molar-refractivity contribution in [3.05, 3.63) is 0 Å². The number of aliphatic carboxylic acids is 1. The number of nitrogens with one attached hydrogen (secondary N) is 2. The second-order valence-electron chi connectivity index (χ2n) is 4.26. The van der Waals surface area contributed by atoms with E-state index in [-0.39, 0.29) is 5.92 Å². The van der Waals surface area contributed by atoms with Crippen molar-refractivity contribution in [1.29, 1.82) is 0 Å². The third-order valence-corrected chi connectivity index (χ3v) is 2.80. The quantitative estimate of drug-likeness (QED) is 0.454. The Morgan fingerprint density at radius 2 is 2.06 bits per heavy atom. The highest BCUT2D eigenvalue weighted by Gasteiger charge is 2.24. The molecular formula is C13H22N2O3. The number of unbranched alkanes of at least 4 members (excludes halogenated alkanes) is 2. The normalized spacial score (nSPS) is 13.2. The van der Waals surface area contributed by atoms with Crippen LogP contribution in [0.1, 0.15) is 39.5 Å². The first-order valence-electron chi connectivity index (χ1n) is 6.23. The van der Waals surface area contributed by atoms with Gasteiger partial charge in [-0.1, -0.05) is 20.3 Å². The summed E-state index contributed by atoms with van der Waals surface area (Å²) in [6.45, 7) is 4.19. The van der Waals surface area contributed by atoms with E-state index < -0.39 is 18.0 Å². The van der Waals surface area contributed by atoms with E-state index in [0.717, 1.165) is 12.8 Å². The van der Waals surface area contributed by atoms with E-state index in [2.05, 4.69) is 16.6 Å². The first-order chi connectivity index (χ1) is 8.52. The molecule has 0 aliphatic heterocycles. The molecule has 0 saturated carbocycles. The second-order valence-corrected chi connectivity index (χ2v) is 4.26. The van der Waals surface area contributed by atoms with Crippen LogP contribution in [-0.2, 0) is 4.79 Å². The number of hydrogen-bond donors (Lipinski definition) is 3. The second kappa shape index (κ2) is 9.34. The van der Waals surface area contributed by atoms with Crippen LogP contribution in [0.2, 0.25) is 0 Å². The van der Waals surface area contributed by atoms with E-state index in [1.54, 1.807) is 6.92 Å². The summed E-state index contributed by atoms with van der Waals surface area (Å²) in [5, 5.41) is 14.1. The van der Waals surface area contributed by atoms with Gasteiger partial charge in [0.05, 0.1) is 0 Å². The van der Waals surface area contributed by atoms with E-state index in [4.69, 9.17) is 11.5 Å². The standard InChI is InChI=1S/C13H22N2O3/c1-4-6-7-8-9-14-13(18)15-11(12(16)17)10(3)5-2/h1,10-11H,5-9H2,2-3H3,(H,16,17)(H2,14,15,18). The maximum Gasteiger partial charge on any atom is 0.326 e. The van der Waals surface area contributed by atoms with Crippen LogP contribution in [0.4, 0.5) is 4.79 Å². The molecule has 0 spiro atoms. The zero-order chi connectivity index (χ0) is 14.0. The van der Waals surface area contributed by atoms with Crippen molar-refractivity contribution >= 4 is 12.0 Å². The van der Waals surface area contributed by atoms with Gasteiger partial charge in [-0.2, -0.15) is 0 Å². The lowest BCUT2D eigenvalue weighted by Gasteiger charge is -2.20. The molecule has 5 nitrogen and oxygen atoms in total. The number of carbonyl (C=O) groups is 2. The van der Waals surface area contributed by atoms with Gasteiger partial charge in [-0.25, -0.2) is 9.59 Å². The maximum atomic E-state index is 11.5. The average molecular weight is 254 g/mol. The molecule has 0 fully saturated rings. The molecule has 5 heteroatoms. The number of urea groups is 1. The highest BCUT2D eigenvalue weighted by molar-refractivity contribution is 5.82. The lowest BCUT2D eigenvalue weighted by molar-refractivity contribution is -0.140. The van der Waals surface area contributed by atoms with Gasteiger partial charge in [0, 0.05) is 13.0 Å². The van der Waals surface area contributed by atoms with Crippen LogP contribution in [0, 0.1) is 18.3 Å². The summed E-state index contributed by atoms with van der Waals surface area (Å²) in [5.74, 6) is 1.41. The first kappa shape index (κ1) is 16.3. The molecule has 0 saturated heterocycles. The molecule has 2 amide bonds. The maximum absolute atomic E-state index is 11.5. The van der Waals surface area contributed by atoms with Gasteiger partial charge in [0.15, 0.2) is 0 Å². The molecular weight excluding hydrogens is 232 g/mol. The molecule has 2 unspecified atom stereocenters. The number of amides is 2. The lowest BCUT2D eigenvalue weighted by Crippen LogP contribution is -2.49. The molecule has 18 heavy (non-hydrogen) atoms. The Morgan fingerprint density at radius 1 is 1.39 bits per heavy atom. The minimum Gasteiger partial charge on any atom is -0.480 e. The summed E-state index contributed by atoms with van der Waals surface area (Å²) in [6, 6.07) is -1.29. The highest BCUT2D eigenvalue weighted by Crippen LogP contribution is 2.07. The fraction of sp³-hybridized carbons (Fsp3) is 0.692. The molecule has 3 N–H and O–H groups in total. The summed E-state index contributed by atoms with van der Waals surface area (Å²) < 4.78 is 0. The van der Waals surface area contributed by atoms with Gasteiger partial charge in [0.1, 0.15) is 6.04 Å². The predicted octanol–water partition coefficient (Wildman–Crippen LogP) is 1.59. The van der Waals surface area contributed by atoms with Crippen molar-refractivity contribution in [2.75, 3.05) is 6.54 Å². The number of hydrogen-bond acceptors (Lipinski definition) is 2. The van der Waals surface area contributed by atoms with Crippen LogP contribution in [0.5, 0.6) is 0 Å². The van der Waals surface area contributed by atoms with Crippen LogP contribution in [-0.4, -0.2) is 29.7 Å². The van der Waals surface area contributed by atoms with Crippen molar-refractivity contribution in [2.45, 2.75) is 45.6 Å². The van der Waals surface area contributed by atoms with E-state index in [0.29, 0.717) is 19.4 Å². The SMILES string of the molecule is C#CCCCCNC(=O)NC(C(=O)O)C(C)CC. The Bertz CT molecular complexity index is 310. The Labute approximate surface area is 108 Å². The van der Waals surface area contributed by atoms with Gasteiger partial charge < -0.3 is 15.7 Å². The molecule has 2 atom stereocenters. The summed E-state index contributed by atoms with van der Waals surface area (Å²) in [5.41, 5.74) is 0. The first-order valence-corrected chi connectivity index (χ1v) is 6.23. The van der Waals surface area contributed by atoms with Gasteiger partial charge in [-0.05, 0) is 18.8 Å². The molecule has 0 aromatic carbocycles. The van der Waals surface area contributed by atoms with Gasteiger partial charge in [-0.15, -0.1) is 12.3 Å². The van der Waals surface area contributed by atoms with Crippen molar-refractivity contribution < 1.29 is 14.7 Å². The van der Waals surface area contributed by atoms with Crippen molar-refractivity contribution in [3.8, 4) is 12.3 Å². The molecule has 0 aliphatic rings. The van der Waals surface area contributed by atoms with Crippen LogP contribution in [0.15, 0.2) is 0 Å². The van der Waals surface area contributed by atoms with Gasteiger partial charge in [0.25, 0.3) is 0 Å². The Balaban J connectivity index is 3.97. The Morgan fingerprint density at radius 3 is 2.56 bits per heavy atom. The fourth-order valence-corrected chi connectivity index (χ4v) is 1.43. The van der Waals surface area contributed by atoms with E-state index >= 15 is 0 Å². The fourth-order valence-electron chi connectivity index (χ4n) is 1.43. The largest absolute Gasteiger partial charge is 0.480 e. The monoisotopic (exact) mass is 254 g/mol. The van der Waals surface area contributed by atoms with Gasteiger partial charge in [-0.3, -0.25) is 0 Å². The zero-order valence-electron chi connectivity index (χ0n) is 11.0. The molecule has 0 rings (SSSR count). The number of carboxylic acid groups (broad SMARTS) is 1. The summed E-state index contributed by atoms with van der Waals surface area (Å²) in [4.78, 5) is 22.5. The average Bonchev–Trinajstić information content (AvgIpc) is 2.34. The topological polar surface area (TPSA) is 78.4 Å². The summed E-state index contributed by atoms with van der Waals surface area (Å²) in [6.07, 6.45) is 8.13. The smallest absolute Gasteiger partial charge is 0.326 e. The minimum atomic E-state index is -1.01. The molecule has 0 bridgehead atoms.